The van der Waals surface area contributed by atoms with Crippen molar-refractivity contribution in [3.8, 4) is 5.75 Å². The topological polar surface area (TPSA) is 91.7 Å². The van der Waals surface area contributed by atoms with Gasteiger partial charge in [0.15, 0.2) is 0 Å². The van der Waals surface area contributed by atoms with Gasteiger partial charge in [0.05, 0.1) is 0 Å². The predicted molar refractivity (Wildman–Crippen MR) is 68.3 cm³/mol. The number of benzene rings is 1. The summed E-state index contributed by atoms with van der Waals surface area (Å²) >= 11 is 0. The van der Waals surface area contributed by atoms with E-state index in [1.54, 1.807) is 12.1 Å². The fourth-order valence-corrected chi connectivity index (χ4v) is 2.47. The van der Waals surface area contributed by atoms with Crippen molar-refractivity contribution in [2.45, 2.75) is 37.5 Å². The molecule has 0 amide bonds. The van der Waals surface area contributed by atoms with Gasteiger partial charge in [0.1, 0.15) is 17.4 Å². The molecule has 0 aliphatic heterocycles. The largest absolute Gasteiger partial charge is 0.506 e. The van der Waals surface area contributed by atoms with Crippen LogP contribution in [0.2, 0.25) is 0 Å². The average Bonchev–Trinajstić information content (AvgIpc) is 2.30. The fraction of sp³-hybridized carbons (Fsp3) is 0.417. The van der Waals surface area contributed by atoms with Gasteiger partial charge in [0.25, 0.3) is 10.1 Å². The molecule has 102 valence electrons. The molecule has 0 radical (unpaired) electrons. The number of unbranched alkanes of at least 4 members (excludes halogenated alkanes) is 2. The number of carbonyl (C=O) groups is 1. The first-order valence-electron chi connectivity index (χ1n) is 5.54. The highest BCUT2D eigenvalue weighted by Crippen LogP contribution is 2.27. The molecule has 0 bridgehead atoms. The summed E-state index contributed by atoms with van der Waals surface area (Å²) in [6.45, 7) is 4.05. The standard InChI is InChI=1S/C11H16O4S.CH2O/c1-2-3-4-6-9-7-5-8-10(12)11(9)16(13,14)15;1-2/h5,7-8,12H,2-4,6H2,1H3,(H,13,14,15);1H2. The number of rotatable bonds is 5. The van der Waals surface area contributed by atoms with E-state index in [2.05, 4.69) is 0 Å². The Bertz CT molecular complexity index is 467. The minimum atomic E-state index is -4.35. The molecule has 2 N–H and O–H groups in total. The molecular formula is C12H18O5S. The number of hydrogen-bond donors (Lipinski definition) is 2. The van der Waals surface area contributed by atoms with Crippen LogP contribution >= 0.6 is 0 Å². The maximum Gasteiger partial charge on any atom is 0.298 e. The molecule has 0 spiro atoms. The number of phenols is 1. The van der Waals surface area contributed by atoms with Crippen molar-refractivity contribution < 1.29 is 22.9 Å². The smallest absolute Gasteiger partial charge is 0.298 e. The molecule has 0 heterocycles. The molecule has 18 heavy (non-hydrogen) atoms. The molecule has 0 aliphatic rings. The van der Waals surface area contributed by atoms with E-state index in [1.807, 2.05) is 13.7 Å². The molecule has 0 atom stereocenters. The summed E-state index contributed by atoms with van der Waals surface area (Å²) in [7, 11) is -4.35. The predicted octanol–water partition coefficient (Wildman–Crippen LogP) is 2.19. The van der Waals surface area contributed by atoms with Gasteiger partial charge < -0.3 is 9.90 Å². The van der Waals surface area contributed by atoms with Gasteiger partial charge in [0.2, 0.25) is 0 Å². The van der Waals surface area contributed by atoms with Crippen LogP contribution in [0.4, 0.5) is 0 Å². The van der Waals surface area contributed by atoms with Gasteiger partial charge in [-0.3, -0.25) is 4.55 Å². The summed E-state index contributed by atoms with van der Waals surface area (Å²) in [5.74, 6) is -0.392. The van der Waals surface area contributed by atoms with Crippen LogP contribution < -0.4 is 0 Å². The van der Waals surface area contributed by atoms with E-state index in [1.165, 1.54) is 6.07 Å². The van der Waals surface area contributed by atoms with E-state index in [-0.39, 0.29) is 4.90 Å². The second kappa shape index (κ2) is 7.84. The van der Waals surface area contributed by atoms with Gasteiger partial charge in [-0.05, 0) is 24.5 Å². The quantitative estimate of drug-likeness (QED) is 0.634. The molecular weight excluding hydrogens is 256 g/mol. The van der Waals surface area contributed by atoms with Crippen molar-refractivity contribution in [2.75, 3.05) is 0 Å². The van der Waals surface area contributed by atoms with E-state index < -0.39 is 15.9 Å². The van der Waals surface area contributed by atoms with Crippen LogP contribution in [0, 0.1) is 0 Å². The molecule has 5 nitrogen and oxygen atoms in total. The van der Waals surface area contributed by atoms with E-state index in [0.29, 0.717) is 12.0 Å². The number of carbonyl (C=O) groups excluding carboxylic acids is 1. The van der Waals surface area contributed by atoms with E-state index >= 15 is 0 Å². The second-order valence-electron chi connectivity index (χ2n) is 3.70. The Morgan fingerprint density at radius 2 is 1.83 bits per heavy atom. The van der Waals surface area contributed by atoms with Gasteiger partial charge >= 0.3 is 0 Å². The monoisotopic (exact) mass is 274 g/mol. The van der Waals surface area contributed by atoms with Gasteiger partial charge in [-0.25, -0.2) is 0 Å². The number of aryl methyl sites for hydroxylation is 1. The molecule has 0 unspecified atom stereocenters. The van der Waals surface area contributed by atoms with Crippen molar-refractivity contribution in [1.29, 1.82) is 0 Å². The Morgan fingerprint density at radius 1 is 1.22 bits per heavy atom. The first kappa shape index (κ1) is 16.6. The Hall–Kier alpha value is -1.40. The third-order valence-electron chi connectivity index (χ3n) is 2.38. The van der Waals surface area contributed by atoms with Gasteiger partial charge in [-0.2, -0.15) is 8.42 Å². The molecule has 1 rings (SSSR count). The molecule has 1 aromatic rings. The highest BCUT2D eigenvalue weighted by Gasteiger charge is 2.19. The Kier molecular flexibility index (Phi) is 7.23. The molecule has 0 aliphatic carbocycles. The summed E-state index contributed by atoms with van der Waals surface area (Å²) in [6.07, 6.45) is 3.39. The Balaban J connectivity index is 0.00000137. The maximum atomic E-state index is 11.1. The van der Waals surface area contributed by atoms with E-state index in [9.17, 15) is 13.5 Å². The molecule has 0 fully saturated rings. The summed E-state index contributed by atoms with van der Waals surface area (Å²) in [5.41, 5.74) is 0.468. The lowest BCUT2D eigenvalue weighted by atomic mass is 10.1. The van der Waals surface area contributed by atoms with Gasteiger partial charge in [-0.1, -0.05) is 31.9 Å². The Morgan fingerprint density at radius 3 is 2.33 bits per heavy atom. The zero-order chi connectivity index (χ0) is 14.2. The van der Waals surface area contributed by atoms with Crippen LogP contribution in [-0.2, 0) is 21.3 Å². The summed E-state index contributed by atoms with van der Waals surface area (Å²) in [5, 5.41) is 9.44. The lowest BCUT2D eigenvalue weighted by Gasteiger charge is -2.08. The first-order valence-corrected chi connectivity index (χ1v) is 6.98. The van der Waals surface area contributed by atoms with Crippen molar-refractivity contribution in [1.82, 2.24) is 0 Å². The van der Waals surface area contributed by atoms with Crippen molar-refractivity contribution in [3.63, 3.8) is 0 Å². The second-order valence-corrected chi connectivity index (χ2v) is 5.06. The minimum absolute atomic E-state index is 0.355. The van der Waals surface area contributed by atoms with Gasteiger partial charge in [-0.15, -0.1) is 0 Å². The molecule has 0 saturated carbocycles. The lowest BCUT2D eigenvalue weighted by molar-refractivity contribution is -0.0979. The van der Waals surface area contributed by atoms with Crippen molar-refractivity contribution >= 4 is 16.9 Å². The van der Waals surface area contributed by atoms with Crippen LogP contribution in [0.5, 0.6) is 5.75 Å². The fourth-order valence-electron chi connectivity index (χ4n) is 1.63. The lowest BCUT2D eigenvalue weighted by Crippen LogP contribution is -2.03. The molecule has 1 aromatic carbocycles. The summed E-state index contributed by atoms with van der Waals surface area (Å²) in [4.78, 5) is 7.64. The summed E-state index contributed by atoms with van der Waals surface area (Å²) < 4.78 is 31.2. The molecule has 0 saturated heterocycles. The third-order valence-corrected chi connectivity index (χ3v) is 3.37. The van der Waals surface area contributed by atoms with Crippen LogP contribution in [0.25, 0.3) is 0 Å². The molecule has 6 heteroatoms. The number of phenolic OH excluding ortho intramolecular Hbond substituents is 1. The van der Waals surface area contributed by atoms with Crippen molar-refractivity contribution in [2.24, 2.45) is 0 Å². The minimum Gasteiger partial charge on any atom is -0.506 e. The third kappa shape index (κ3) is 4.85. The highest BCUT2D eigenvalue weighted by atomic mass is 32.2. The average molecular weight is 274 g/mol. The van der Waals surface area contributed by atoms with Crippen LogP contribution in [0.15, 0.2) is 23.1 Å². The van der Waals surface area contributed by atoms with E-state index in [4.69, 9.17) is 9.35 Å². The van der Waals surface area contributed by atoms with E-state index in [0.717, 1.165) is 19.3 Å². The van der Waals surface area contributed by atoms with Crippen molar-refractivity contribution in [3.05, 3.63) is 23.8 Å². The van der Waals surface area contributed by atoms with Gasteiger partial charge in [0, 0.05) is 0 Å². The highest BCUT2D eigenvalue weighted by molar-refractivity contribution is 7.86. The number of aromatic hydroxyl groups is 1. The maximum absolute atomic E-state index is 11.1. The van der Waals surface area contributed by atoms with Crippen LogP contribution in [0.1, 0.15) is 31.7 Å². The first-order chi connectivity index (χ1) is 8.46. The van der Waals surface area contributed by atoms with Crippen LogP contribution in [-0.4, -0.2) is 24.9 Å². The molecule has 0 aromatic heterocycles. The Labute approximate surface area is 107 Å². The number of hydrogen-bond acceptors (Lipinski definition) is 4. The SMILES string of the molecule is C=O.CCCCCc1cccc(O)c1S(=O)(=O)O. The summed E-state index contributed by atoms with van der Waals surface area (Å²) in [6, 6.07) is 4.44. The zero-order valence-electron chi connectivity index (χ0n) is 10.3. The normalized spacial score (nSPS) is 10.6. The van der Waals surface area contributed by atoms with Crippen LogP contribution in [0.3, 0.4) is 0 Å². The zero-order valence-corrected chi connectivity index (χ0v) is 11.1.